The average Bonchev–Trinajstić information content (AvgIpc) is 0.811. The van der Waals surface area contributed by atoms with Gasteiger partial charge in [-0.25, -0.2) is 0 Å². The van der Waals surface area contributed by atoms with Crippen molar-refractivity contribution in [1.29, 1.82) is 0 Å². The molecule has 0 bridgehead atoms. The van der Waals surface area contributed by atoms with Crippen LogP contribution in [0, 0.1) is 0 Å². The maximum Gasteiger partial charge on any atom is 1.00 e. The van der Waals surface area contributed by atoms with E-state index in [1.807, 2.05) is 0 Å². The number of hydrogen-bond acceptors (Lipinski definition) is 3. The maximum absolute atomic E-state index is 8.33. The van der Waals surface area contributed by atoms with Crippen LogP contribution in [-0.2, 0) is 0 Å². The summed E-state index contributed by atoms with van der Waals surface area (Å²) in [4.78, 5) is 8.33. The first-order valence-electron chi connectivity index (χ1n) is 0.612. The summed E-state index contributed by atoms with van der Waals surface area (Å²) in [5.74, 6) is 0. The van der Waals surface area contributed by atoms with Gasteiger partial charge in [0, 0.05) is 0 Å². The summed E-state index contributed by atoms with van der Waals surface area (Å²) >= 11 is 0. The Morgan fingerprint density at radius 3 is 1.12 bits per heavy atom. The second-order valence-electron chi connectivity index (χ2n) is 0.250. The van der Waals surface area contributed by atoms with Crippen molar-refractivity contribution >= 4 is 6.16 Å². The van der Waals surface area contributed by atoms with Crippen molar-refractivity contribution in [3.8, 4) is 0 Å². The van der Waals surface area contributed by atoms with Crippen LogP contribution in [0.2, 0.25) is 0 Å². The molecule has 0 saturated heterocycles. The van der Waals surface area contributed by atoms with E-state index in [1.165, 1.54) is 0 Å². The second-order valence-corrected chi connectivity index (χ2v) is 0.250. The molecular weight excluding hydrogens is 197 g/mol. The normalized spacial score (nSPS) is 3.00. The predicted molar refractivity (Wildman–Crippen MR) is 5.40 cm³/mol. The van der Waals surface area contributed by atoms with Crippen molar-refractivity contribution in [3.63, 3.8) is 0 Å². The third-order valence-corrected chi connectivity index (χ3v) is 0. The van der Waals surface area contributed by atoms with Gasteiger partial charge in [0.15, 0.2) is 0 Å². The second kappa shape index (κ2) is 22.4. The molecule has 0 aromatic rings. The van der Waals surface area contributed by atoms with Gasteiger partial charge in [-0.1, -0.05) is 0 Å². The number of carboxylic acid groups (broad SMARTS) is 2. The van der Waals surface area contributed by atoms with E-state index in [1.54, 1.807) is 0 Å². The monoisotopic (exact) mass is 196 g/mol. The van der Waals surface area contributed by atoms with Gasteiger partial charge in [0.25, 0.3) is 0 Å². The van der Waals surface area contributed by atoms with Gasteiger partial charge in [-0.15, -0.1) is 0 Å². The Morgan fingerprint density at radius 1 is 1.12 bits per heavy atom. The molecule has 0 radical (unpaired) electrons. The van der Waals surface area contributed by atoms with Gasteiger partial charge >= 0.3 is 132 Å². The largest absolute Gasteiger partial charge is 1.00 e. The Balaban J connectivity index is -0.00000000750. The van der Waals surface area contributed by atoms with Crippen LogP contribution >= 0.6 is 0 Å². The molecule has 0 aromatic heterocycles. The van der Waals surface area contributed by atoms with Gasteiger partial charge in [-0.2, -0.15) is 0 Å². The fraction of sp³-hybridized carbons (Fsp3) is 0. The van der Waals surface area contributed by atoms with E-state index in [4.69, 9.17) is 15.0 Å². The summed E-state index contributed by atoms with van der Waals surface area (Å²) in [5.41, 5.74) is 0. The summed E-state index contributed by atoms with van der Waals surface area (Å²) in [6.07, 6.45) is -2.33. The molecule has 0 saturated carbocycles. The van der Waals surface area contributed by atoms with Crippen LogP contribution < -0.4 is 155 Å². The SMILES string of the molecule is O=C([O-])[O-].[Cl-].[K+].[K+].[Na+]. The third kappa shape index (κ3) is 52.2. The van der Waals surface area contributed by atoms with E-state index in [-0.39, 0.29) is 145 Å². The molecule has 3 nitrogen and oxygen atoms in total. The fourth-order valence-corrected chi connectivity index (χ4v) is 0. The number of halogens is 1. The van der Waals surface area contributed by atoms with Gasteiger partial charge in [-0.05, 0) is 6.16 Å². The van der Waals surface area contributed by atoms with Crippen molar-refractivity contribution < 1.29 is 160 Å². The molecule has 0 aliphatic carbocycles. The number of carbonyl (C=O) groups excluding carboxylic acids is 1. The first kappa shape index (κ1) is 29.7. The molecular formula is CClK2NaO3. The summed E-state index contributed by atoms with van der Waals surface area (Å²) in [6, 6.07) is 0. The zero-order valence-corrected chi connectivity index (χ0v) is 14.1. The Bertz CT molecular complexity index is 40.3. The molecule has 0 heterocycles. The van der Waals surface area contributed by atoms with E-state index in [0.717, 1.165) is 0 Å². The van der Waals surface area contributed by atoms with Gasteiger partial charge in [-0.3, -0.25) is 0 Å². The van der Waals surface area contributed by atoms with Crippen molar-refractivity contribution in [1.82, 2.24) is 0 Å². The van der Waals surface area contributed by atoms with E-state index in [0.29, 0.717) is 0 Å². The van der Waals surface area contributed by atoms with Crippen LogP contribution in [0.5, 0.6) is 0 Å². The number of hydrogen-bond donors (Lipinski definition) is 0. The average molecular weight is 197 g/mol. The smallest absolute Gasteiger partial charge is 1.00 e. The van der Waals surface area contributed by atoms with Gasteiger partial charge < -0.3 is 27.4 Å². The summed E-state index contributed by atoms with van der Waals surface area (Å²) in [5, 5.41) is 16.7. The quantitative estimate of drug-likeness (QED) is 0.362. The van der Waals surface area contributed by atoms with Crippen LogP contribution in [0.15, 0.2) is 0 Å². The van der Waals surface area contributed by atoms with Gasteiger partial charge in [0.1, 0.15) is 0 Å². The predicted octanol–water partition coefficient (Wildman–Crippen LogP) is -14.4. The van der Waals surface area contributed by atoms with Crippen molar-refractivity contribution in [2.75, 3.05) is 0 Å². The van der Waals surface area contributed by atoms with E-state index >= 15 is 0 Å². The Kier molecular flexibility index (Phi) is 83.4. The third-order valence-electron chi connectivity index (χ3n) is 0. The molecule has 0 amide bonds. The molecule has 0 N–H and O–H groups in total. The van der Waals surface area contributed by atoms with E-state index in [2.05, 4.69) is 0 Å². The van der Waals surface area contributed by atoms with Crippen LogP contribution in [0.1, 0.15) is 0 Å². The summed E-state index contributed by atoms with van der Waals surface area (Å²) < 4.78 is 0. The maximum atomic E-state index is 8.33. The molecule has 8 heavy (non-hydrogen) atoms. The minimum atomic E-state index is -2.33. The molecule has 0 aliphatic heterocycles. The van der Waals surface area contributed by atoms with Crippen LogP contribution in [0.25, 0.3) is 0 Å². The molecule has 0 aliphatic rings. The van der Waals surface area contributed by atoms with Crippen LogP contribution in [0.3, 0.4) is 0 Å². The minimum absolute atomic E-state index is 0. The first-order valence-corrected chi connectivity index (χ1v) is 0.612. The topological polar surface area (TPSA) is 63.2 Å². The van der Waals surface area contributed by atoms with Gasteiger partial charge in [0.2, 0.25) is 0 Å². The molecule has 0 unspecified atom stereocenters. The summed E-state index contributed by atoms with van der Waals surface area (Å²) in [6.45, 7) is 0. The van der Waals surface area contributed by atoms with E-state index < -0.39 is 6.16 Å². The Labute approximate surface area is 161 Å². The summed E-state index contributed by atoms with van der Waals surface area (Å²) in [7, 11) is 0. The Hall–Kier alpha value is 3.83. The van der Waals surface area contributed by atoms with Crippen molar-refractivity contribution in [2.24, 2.45) is 0 Å². The minimum Gasteiger partial charge on any atom is -1.00 e. The molecule has 7 heteroatoms. The first-order chi connectivity index (χ1) is 1.73. The van der Waals surface area contributed by atoms with Crippen LogP contribution in [-0.4, -0.2) is 6.16 Å². The molecule has 0 fully saturated rings. The molecule has 0 aromatic carbocycles. The molecule has 0 spiro atoms. The zero-order chi connectivity index (χ0) is 3.58. The fourth-order valence-electron chi connectivity index (χ4n) is 0. The van der Waals surface area contributed by atoms with E-state index in [9.17, 15) is 0 Å². The zero-order valence-electron chi connectivity index (χ0n) is 5.10. The van der Waals surface area contributed by atoms with Crippen molar-refractivity contribution in [3.05, 3.63) is 0 Å². The standard InChI is InChI=1S/CH2O3.ClH.2K.Na/c2-1(3)4;;;;/h(H2,2,3,4);1H;;;/q;;3*+1/p-3. The van der Waals surface area contributed by atoms with Gasteiger partial charge in [0.05, 0.1) is 0 Å². The molecule has 0 atom stereocenters. The Morgan fingerprint density at radius 2 is 1.12 bits per heavy atom. The van der Waals surface area contributed by atoms with Crippen LogP contribution in [0.4, 0.5) is 4.79 Å². The van der Waals surface area contributed by atoms with Crippen molar-refractivity contribution in [2.45, 2.75) is 0 Å². The number of rotatable bonds is 0. The number of carbonyl (C=O) groups is 1. The molecule has 0 rings (SSSR count). The molecule has 32 valence electrons.